The SMILES string of the molecule is CCCCCCCCCCCCCCCC[S@@+]([O-])[C@H]1CCCCC1O. The molecule has 0 radical (unpaired) electrons. The summed E-state index contributed by atoms with van der Waals surface area (Å²) in [4.78, 5) is 0. The molecule has 0 amide bonds. The smallest absolute Gasteiger partial charge is 0.141 e. The lowest BCUT2D eigenvalue weighted by Gasteiger charge is -2.29. The molecule has 3 heteroatoms. The second-order valence-corrected chi connectivity index (χ2v) is 9.85. The van der Waals surface area contributed by atoms with E-state index in [2.05, 4.69) is 6.92 Å². The summed E-state index contributed by atoms with van der Waals surface area (Å²) in [6.45, 7) is 2.28. The molecule has 1 aliphatic rings. The highest BCUT2D eigenvalue weighted by molar-refractivity contribution is 7.92. The first-order valence-corrected chi connectivity index (χ1v) is 12.7. The minimum absolute atomic E-state index is 0.0655. The zero-order valence-corrected chi connectivity index (χ0v) is 17.7. The van der Waals surface area contributed by atoms with Gasteiger partial charge in [-0.05, 0) is 43.3 Å². The van der Waals surface area contributed by atoms with Gasteiger partial charge in [-0.2, -0.15) is 0 Å². The van der Waals surface area contributed by atoms with Crippen LogP contribution in [0.3, 0.4) is 0 Å². The van der Waals surface area contributed by atoms with E-state index >= 15 is 0 Å². The Balaban J connectivity index is 1.80. The van der Waals surface area contributed by atoms with Gasteiger partial charge in [-0.1, -0.05) is 90.4 Å². The molecule has 0 aromatic heterocycles. The zero-order valence-electron chi connectivity index (χ0n) is 16.9. The number of aliphatic hydroxyl groups is 1. The second kappa shape index (κ2) is 16.4. The van der Waals surface area contributed by atoms with E-state index < -0.39 is 11.2 Å². The van der Waals surface area contributed by atoms with E-state index in [1.165, 1.54) is 83.5 Å². The maximum Gasteiger partial charge on any atom is 0.141 e. The lowest BCUT2D eigenvalue weighted by Crippen LogP contribution is -2.38. The Labute approximate surface area is 160 Å². The molecular weight excluding hydrogens is 328 g/mol. The van der Waals surface area contributed by atoms with E-state index in [4.69, 9.17) is 0 Å². The van der Waals surface area contributed by atoms with Crippen molar-refractivity contribution in [3.63, 3.8) is 0 Å². The Morgan fingerprint density at radius 1 is 0.720 bits per heavy atom. The molecule has 0 heterocycles. The van der Waals surface area contributed by atoms with Gasteiger partial charge in [0, 0.05) is 0 Å². The summed E-state index contributed by atoms with van der Waals surface area (Å²) < 4.78 is 12.3. The number of rotatable bonds is 16. The quantitative estimate of drug-likeness (QED) is 0.247. The summed E-state index contributed by atoms with van der Waals surface area (Å²) in [5, 5.41) is 10.0. The minimum atomic E-state index is -0.803. The standard InChI is InChI=1S/C22H44O2S/c1-2-3-4-5-6-7-8-9-10-11-12-13-14-17-20-25(24)22-19-16-15-18-21(22)23/h21-23H,2-20H2,1H3/t21?,22-,25+/m0/s1. The lowest BCUT2D eigenvalue weighted by atomic mass is 9.97. The number of unbranched alkanes of at least 4 members (excludes halogenated alkanes) is 13. The van der Waals surface area contributed by atoms with Crippen molar-refractivity contribution in [3.8, 4) is 0 Å². The fraction of sp³-hybridized carbons (Fsp3) is 1.00. The van der Waals surface area contributed by atoms with Gasteiger partial charge in [0.15, 0.2) is 0 Å². The Hall–Kier alpha value is 0.270. The van der Waals surface area contributed by atoms with Crippen molar-refractivity contribution in [1.29, 1.82) is 0 Å². The normalized spacial score (nSPS) is 22.2. The number of aliphatic hydroxyl groups excluding tert-OH is 1. The second-order valence-electron chi connectivity index (χ2n) is 8.07. The monoisotopic (exact) mass is 372 g/mol. The molecule has 0 aliphatic heterocycles. The molecule has 1 rings (SSSR count). The average molecular weight is 373 g/mol. The van der Waals surface area contributed by atoms with E-state index in [9.17, 15) is 9.66 Å². The van der Waals surface area contributed by atoms with E-state index in [0.29, 0.717) is 0 Å². The highest BCUT2D eigenvalue weighted by Crippen LogP contribution is 2.25. The molecule has 0 saturated heterocycles. The van der Waals surface area contributed by atoms with Gasteiger partial charge in [-0.25, -0.2) is 0 Å². The summed E-state index contributed by atoms with van der Waals surface area (Å²) in [7, 11) is 0. The van der Waals surface area contributed by atoms with Gasteiger partial charge in [0.2, 0.25) is 0 Å². The third-order valence-corrected chi connectivity index (χ3v) is 7.62. The van der Waals surface area contributed by atoms with Gasteiger partial charge in [0.25, 0.3) is 0 Å². The Morgan fingerprint density at radius 3 is 1.64 bits per heavy atom. The third-order valence-electron chi connectivity index (χ3n) is 5.70. The van der Waals surface area contributed by atoms with Crippen LogP contribution in [0.25, 0.3) is 0 Å². The van der Waals surface area contributed by atoms with Crippen LogP contribution in [0.1, 0.15) is 122 Å². The van der Waals surface area contributed by atoms with Crippen LogP contribution in [-0.4, -0.2) is 26.8 Å². The van der Waals surface area contributed by atoms with Crippen LogP contribution < -0.4 is 0 Å². The molecule has 0 bridgehead atoms. The Kier molecular flexibility index (Phi) is 15.3. The van der Waals surface area contributed by atoms with Crippen LogP contribution in [0.15, 0.2) is 0 Å². The maximum absolute atomic E-state index is 12.3. The molecule has 0 aromatic rings. The highest BCUT2D eigenvalue weighted by Gasteiger charge is 2.32. The van der Waals surface area contributed by atoms with Crippen molar-refractivity contribution in [3.05, 3.63) is 0 Å². The molecule has 1 saturated carbocycles. The summed E-state index contributed by atoms with van der Waals surface area (Å²) in [5.41, 5.74) is 0. The van der Waals surface area contributed by atoms with E-state index in [0.717, 1.165) is 37.9 Å². The van der Waals surface area contributed by atoms with Crippen LogP contribution >= 0.6 is 0 Å². The van der Waals surface area contributed by atoms with E-state index in [1.807, 2.05) is 0 Å². The van der Waals surface area contributed by atoms with E-state index in [1.54, 1.807) is 0 Å². The van der Waals surface area contributed by atoms with Crippen molar-refractivity contribution >= 4 is 11.2 Å². The molecule has 3 atom stereocenters. The summed E-state index contributed by atoms with van der Waals surface area (Å²) >= 11 is -0.803. The largest absolute Gasteiger partial charge is 0.616 e. The van der Waals surface area contributed by atoms with Crippen LogP contribution in [0.4, 0.5) is 0 Å². The van der Waals surface area contributed by atoms with Gasteiger partial charge in [-0.3, -0.25) is 0 Å². The summed E-state index contributed by atoms with van der Waals surface area (Å²) in [6, 6.07) is 0. The van der Waals surface area contributed by atoms with Crippen LogP contribution in [-0.2, 0) is 11.2 Å². The molecule has 150 valence electrons. The van der Waals surface area contributed by atoms with Crippen LogP contribution in [0.5, 0.6) is 0 Å². The zero-order chi connectivity index (χ0) is 18.2. The number of hydrogen-bond acceptors (Lipinski definition) is 2. The lowest BCUT2D eigenvalue weighted by molar-refractivity contribution is 0.133. The predicted octanol–water partition coefficient (Wildman–Crippen LogP) is 6.52. The van der Waals surface area contributed by atoms with Gasteiger partial charge < -0.3 is 9.66 Å². The van der Waals surface area contributed by atoms with Crippen molar-refractivity contribution < 1.29 is 9.66 Å². The molecular formula is C22H44O2S. The van der Waals surface area contributed by atoms with Crippen molar-refractivity contribution in [1.82, 2.24) is 0 Å². The predicted molar refractivity (Wildman–Crippen MR) is 112 cm³/mol. The maximum atomic E-state index is 12.3. The molecule has 2 nitrogen and oxygen atoms in total. The molecule has 0 spiro atoms. The minimum Gasteiger partial charge on any atom is -0.616 e. The Bertz CT molecular complexity index is 285. The molecule has 1 aliphatic carbocycles. The molecule has 25 heavy (non-hydrogen) atoms. The van der Waals surface area contributed by atoms with Gasteiger partial charge >= 0.3 is 0 Å². The van der Waals surface area contributed by atoms with Gasteiger partial charge in [0.05, 0.1) is 0 Å². The summed E-state index contributed by atoms with van der Waals surface area (Å²) in [5.74, 6) is 0.805. The highest BCUT2D eigenvalue weighted by atomic mass is 32.2. The Morgan fingerprint density at radius 2 is 1.16 bits per heavy atom. The van der Waals surface area contributed by atoms with E-state index in [-0.39, 0.29) is 11.4 Å². The molecule has 1 unspecified atom stereocenters. The van der Waals surface area contributed by atoms with Crippen molar-refractivity contribution in [2.24, 2.45) is 0 Å². The molecule has 1 N–H and O–H groups in total. The first-order valence-electron chi connectivity index (χ1n) is 11.3. The van der Waals surface area contributed by atoms with Crippen molar-refractivity contribution in [2.45, 2.75) is 134 Å². The van der Waals surface area contributed by atoms with Crippen molar-refractivity contribution in [2.75, 3.05) is 5.75 Å². The van der Waals surface area contributed by atoms with Crippen LogP contribution in [0, 0.1) is 0 Å². The van der Waals surface area contributed by atoms with Gasteiger partial charge in [-0.15, -0.1) is 0 Å². The fourth-order valence-corrected chi connectivity index (χ4v) is 5.68. The number of hydrogen-bond donors (Lipinski definition) is 1. The van der Waals surface area contributed by atoms with Gasteiger partial charge in [0.1, 0.15) is 17.1 Å². The fourth-order valence-electron chi connectivity index (χ4n) is 3.97. The molecule has 0 aromatic carbocycles. The summed E-state index contributed by atoms with van der Waals surface area (Å²) in [6.07, 6.45) is 22.8. The first-order chi connectivity index (χ1) is 12.3. The average Bonchev–Trinajstić information content (AvgIpc) is 2.62. The third kappa shape index (κ3) is 12.3. The molecule has 1 fully saturated rings. The van der Waals surface area contributed by atoms with Crippen LogP contribution in [0.2, 0.25) is 0 Å². The topological polar surface area (TPSA) is 43.3 Å². The first kappa shape index (κ1) is 23.3.